The Balaban J connectivity index is 1.80. The van der Waals surface area contributed by atoms with Gasteiger partial charge in [0.25, 0.3) is 5.91 Å². The molecule has 2 heterocycles. The van der Waals surface area contributed by atoms with Crippen LogP contribution in [0.1, 0.15) is 46.7 Å². The molecule has 0 aliphatic heterocycles. The minimum absolute atomic E-state index is 0.240. The summed E-state index contributed by atoms with van der Waals surface area (Å²) >= 11 is 0. The lowest BCUT2D eigenvalue weighted by atomic mass is 10.1. The molecule has 0 aliphatic rings. The number of rotatable bonds is 7. The van der Waals surface area contributed by atoms with Gasteiger partial charge in [0.2, 0.25) is 5.88 Å². The van der Waals surface area contributed by atoms with Crippen molar-refractivity contribution < 1.29 is 9.21 Å². The highest BCUT2D eigenvalue weighted by Crippen LogP contribution is 2.25. The number of aryl methyl sites for hydroxylation is 1. The first kappa shape index (κ1) is 20.4. The summed E-state index contributed by atoms with van der Waals surface area (Å²) in [5, 5.41) is 12.6. The highest BCUT2D eigenvalue weighted by atomic mass is 16.4. The van der Waals surface area contributed by atoms with Gasteiger partial charge in [-0.05, 0) is 51.1 Å². The molecule has 0 fully saturated rings. The molecular formula is C23H26N4O2. The van der Waals surface area contributed by atoms with Crippen LogP contribution in [0, 0.1) is 18.3 Å². The van der Waals surface area contributed by atoms with Crippen molar-refractivity contribution in [3.63, 3.8) is 0 Å². The highest BCUT2D eigenvalue weighted by Gasteiger charge is 2.24. The number of nitrogens with zero attached hydrogens (tertiary/aromatic N) is 3. The summed E-state index contributed by atoms with van der Waals surface area (Å²) in [7, 11) is 2.08. The molecule has 1 aromatic carbocycles. The van der Waals surface area contributed by atoms with Gasteiger partial charge < -0.3 is 9.73 Å². The van der Waals surface area contributed by atoms with Gasteiger partial charge in [0.05, 0.1) is 0 Å². The molecule has 0 radical (unpaired) electrons. The zero-order valence-electron chi connectivity index (χ0n) is 17.3. The third-order valence-corrected chi connectivity index (χ3v) is 5.10. The fraction of sp³-hybridized carbons (Fsp3) is 0.304. The van der Waals surface area contributed by atoms with E-state index >= 15 is 0 Å². The molecule has 0 spiro atoms. The molecule has 1 N–H and O–H groups in total. The molecule has 0 atom stereocenters. The van der Waals surface area contributed by atoms with E-state index < -0.39 is 0 Å². The fourth-order valence-electron chi connectivity index (χ4n) is 3.16. The summed E-state index contributed by atoms with van der Waals surface area (Å²) in [6.07, 6.45) is 3.56. The van der Waals surface area contributed by atoms with E-state index in [2.05, 4.69) is 43.2 Å². The van der Waals surface area contributed by atoms with E-state index in [4.69, 9.17) is 4.42 Å². The summed E-state index contributed by atoms with van der Waals surface area (Å²) in [4.78, 5) is 15.1. The van der Waals surface area contributed by atoms with Gasteiger partial charge in [-0.3, -0.25) is 14.3 Å². The number of nitriles is 1. The van der Waals surface area contributed by atoms with Gasteiger partial charge in [0.15, 0.2) is 0 Å². The van der Waals surface area contributed by atoms with Crippen LogP contribution in [0.5, 0.6) is 0 Å². The molecule has 6 heteroatoms. The van der Waals surface area contributed by atoms with Crippen LogP contribution >= 0.6 is 0 Å². The zero-order chi connectivity index (χ0) is 21.0. The predicted octanol–water partition coefficient (Wildman–Crippen LogP) is 4.02. The Morgan fingerprint density at radius 2 is 1.86 bits per heavy atom. The summed E-state index contributed by atoms with van der Waals surface area (Å²) in [5.41, 5.74) is 2.75. The molecule has 1 amide bonds. The van der Waals surface area contributed by atoms with E-state index in [1.165, 1.54) is 5.56 Å². The first-order chi connectivity index (χ1) is 13.9. The maximum atomic E-state index is 12.9. The molecule has 29 heavy (non-hydrogen) atoms. The van der Waals surface area contributed by atoms with Crippen LogP contribution in [0.15, 0.2) is 53.2 Å². The van der Waals surface area contributed by atoms with Gasteiger partial charge in [-0.1, -0.05) is 24.3 Å². The average molecular weight is 390 g/mol. The van der Waals surface area contributed by atoms with Crippen molar-refractivity contribution in [2.24, 2.45) is 0 Å². The molecule has 6 nitrogen and oxygen atoms in total. The molecule has 0 aliphatic carbocycles. The van der Waals surface area contributed by atoms with Crippen molar-refractivity contribution >= 4 is 5.91 Å². The Hall–Kier alpha value is -3.30. The summed E-state index contributed by atoms with van der Waals surface area (Å²) in [5.74, 6) is 0.475. The second-order valence-electron chi connectivity index (χ2n) is 7.38. The standard InChI is InChI=1S/C23H26N4O2/c1-16(2)26(4)15-19-10-6-5-9-18(19)14-25-22(28)21-17(3)29-23(20(21)13-24)27-11-7-8-12-27/h5-12,16H,14-15H2,1-4H3,(H,25,28). The minimum atomic E-state index is -0.312. The quantitative estimate of drug-likeness (QED) is 0.661. The molecule has 2 aromatic heterocycles. The van der Waals surface area contributed by atoms with E-state index in [0.717, 1.165) is 12.1 Å². The molecule has 0 bridgehead atoms. The second-order valence-corrected chi connectivity index (χ2v) is 7.38. The van der Waals surface area contributed by atoms with Crippen LogP contribution in [-0.2, 0) is 13.1 Å². The topological polar surface area (TPSA) is 74.2 Å². The maximum Gasteiger partial charge on any atom is 0.256 e. The van der Waals surface area contributed by atoms with Gasteiger partial charge in [0.1, 0.15) is 23.0 Å². The lowest BCUT2D eigenvalue weighted by Crippen LogP contribution is -2.28. The molecule has 0 saturated carbocycles. The smallest absolute Gasteiger partial charge is 0.256 e. The molecule has 0 unspecified atom stereocenters. The number of benzene rings is 1. The van der Waals surface area contributed by atoms with Crippen LogP contribution in [0.3, 0.4) is 0 Å². The van der Waals surface area contributed by atoms with Crippen LogP contribution in [0.2, 0.25) is 0 Å². The number of hydrogen-bond donors (Lipinski definition) is 1. The Bertz CT molecular complexity index is 1030. The monoisotopic (exact) mass is 390 g/mol. The molecule has 3 rings (SSSR count). The average Bonchev–Trinajstić information content (AvgIpc) is 3.34. The number of carbonyl (C=O) groups excluding carboxylic acids is 1. The Labute approximate surface area is 171 Å². The SMILES string of the molecule is Cc1oc(-n2cccc2)c(C#N)c1C(=O)NCc1ccccc1CN(C)C(C)C. The largest absolute Gasteiger partial charge is 0.443 e. The summed E-state index contributed by atoms with van der Waals surface area (Å²) in [6.45, 7) is 7.19. The van der Waals surface area contributed by atoms with Crippen LogP contribution in [0.4, 0.5) is 0 Å². The molecular weight excluding hydrogens is 364 g/mol. The van der Waals surface area contributed by atoms with Gasteiger partial charge in [-0.15, -0.1) is 0 Å². The minimum Gasteiger partial charge on any atom is -0.443 e. The van der Waals surface area contributed by atoms with Crippen LogP contribution in [-0.4, -0.2) is 28.5 Å². The Morgan fingerprint density at radius 3 is 2.48 bits per heavy atom. The first-order valence-electron chi connectivity index (χ1n) is 9.64. The lowest BCUT2D eigenvalue weighted by Gasteiger charge is -2.22. The van der Waals surface area contributed by atoms with E-state index in [0.29, 0.717) is 24.2 Å². The molecule has 0 saturated heterocycles. The fourth-order valence-corrected chi connectivity index (χ4v) is 3.16. The first-order valence-corrected chi connectivity index (χ1v) is 9.64. The number of aromatic nitrogens is 1. The summed E-state index contributed by atoms with van der Waals surface area (Å²) < 4.78 is 7.42. The number of furan rings is 1. The van der Waals surface area contributed by atoms with Crippen molar-refractivity contribution in [2.75, 3.05) is 7.05 Å². The molecule has 3 aromatic rings. The lowest BCUT2D eigenvalue weighted by molar-refractivity contribution is 0.0949. The normalized spacial score (nSPS) is 11.1. The predicted molar refractivity (Wildman–Crippen MR) is 112 cm³/mol. The van der Waals surface area contributed by atoms with Crippen molar-refractivity contribution in [1.29, 1.82) is 5.26 Å². The number of carbonyl (C=O) groups is 1. The maximum absolute atomic E-state index is 12.9. The Kier molecular flexibility index (Phi) is 6.20. The Morgan fingerprint density at radius 1 is 1.21 bits per heavy atom. The van der Waals surface area contributed by atoms with Gasteiger partial charge in [-0.25, -0.2) is 0 Å². The van der Waals surface area contributed by atoms with Crippen molar-refractivity contribution in [2.45, 2.75) is 39.9 Å². The highest BCUT2D eigenvalue weighted by molar-refractivity contribution is 5.98. The van der Waals surface area contributed by atoms with E-state index in [9.17, 15) is 10.1 Å². The molecule has 150 valence electrons. The van der Waals surface area contributed by atoms with Crippen molar-refractivity contribution in [3.05, 3.63) is 76.8 Å². The van der Waals surface area contributed by atoms with Crippen LogP contribution in [0.25, 0.3) is 5.88 Å². The van der Waals surface area contributed by atoms with Crippen molar-refractivity contribution in [3.8, 4) is 12.0 Å². The second kappa shape index (κ2) is 8.80. The van der Waals surface area contributed by atoms with E-state index in [1.807, 2.05) is 30.3 Å². The summed E-state index contributed by atoms with van der Waals surface area (Å²) in [6, 6.07) is 14.3. The van der Waals surface area contributed by atoms with Gasteiger partial charge >= 0.3 is 0 Å². The van der Waals surface area contributed by atoms with E-state index in [1.54, 1.807) is 23.9 Å². The van der Waals surface area contributed by atoms with Crippen LogP contribution < -0.4 is 5.32 Å². The van der Waals surface area contributed by atoms with Gasteiger partial charge in [0, 0.05) is 31.5 Å². The van der Waals surface area contributed by atoms with Crippen molar-refractivity contribution in [1.82, 2.24) is 14.8 Å². The van der Waals surface area contributed by atoms with E-state index in [-0.39, 0.29) is 17.0 Å². The van der Waals surface area contributed by atoms with Gasteiger partial charge in [-0.2, -0.15) is 5.26 Å². The number of hydrogen-bond acceptors (Lipinski definition) is 4. The number of nitrogens with one attached hydrogen (secondary N) is 1. The third-order valence-electron chi connectivity index (χ3n) is 5.10. The zero-order valence-corrected chi connectivity index (χ0v) is 17.3. The third kappa shape index (κ3) is 4.41. The number of amides is 1.